The van der Waals surface area contributed by atoms with Crippen molar-refractivity contribution in [2.24, 2.45) is 5.92 Å². The highest BCUT2D eigenvalue weighted by molar-refractivity contribution is 5.66. The molecule has 0 aromatic rings. The molecule has 3 atom stereocenters. The third kappa shape index (κ3) is 1.96. The van der Waals surface area contributed by atoms with Crippen LogP contribution in [0, 0.1) is 5.92 Å². The van der Waals surface area contributed by atoms with Crippen molar-refractivity contribution < 1.29 is 19.3 Å². The third-order valence-corrected chi connectivity index (χ3v) is 3.91. The molecule has 1 heterocycles. The summed E-state index contributed by atoms with van der Waals surface area (Å²) in [6, 6.07) is 0. The van der Waals surface area contributed by atoms with Crippen LogP contribution in [-0.4, -0.2) is 23.3 Å². The lowest BCUT2D eigenvalue weighted by Crippen LogP contribution is -2.57. The van der Waals surface area contributed by atoms with Gasteiger partial charge in [-0.15, -0.1) is 0 Å². The van der Waals surface area contributed by atoms with E-state index in [1.54, 1.807) is 0 Å². The van der Waals surface area contributed by atoms with E-state index < -0.39 is 5.60 Å². The minimum Gasteiger partial charge on any atom is -0.457 e. The summed E-state index contributed by atoms with van der Waals surface area (Å²) < 4.78 is 5.39. The van der Waals surface area contributed by atoms with Crippen molar-refractivity contribution in [1.82, 2.24) is 0 Å². The second-order valence-electron chi connectivity index (χ2n) is 5.65. The molecule has 0 amide bonds. The van der Waals surface area contributed by atoms with Crippen molar-refractivity contribution >= 4 is 5.97 Å². The standard InChI is InChI=1S/C12H20O4/c1-8(13)14-12(4)6-5-9-7-10(12)15-16-11(9,2)3/h9-10H,5-7H2,1-4H3/t9-,10-,12-/m0/s1. The van der Waals surface area contributed by atoms with E-state index in [2.05, 4.69) is 0 Å². The van der Waals surface area contributed by atoms with Crippen LogP contribution in [0.4, 0.5) is 0 Å². The van der Waals surface area contributed by atoms with Gasteiger partial charge in [0.25, 0.3) is 0 Å². The maximum atomic E-state index is 11.1. The molecule has 0 N–H and O–H groups in total. The zero-order valence-electron chi connectivity index (χ0n) is 10.4. The number of fused-ring (bicyclic) bond motifs is 2. The van der Waals surface area contributed by atoms with E-state index in [4.69, 9.17) is 14.5 Å². The van der Waals surface area contributed by atoms with Crippen LogP contribution in [0.25, 0.3) is 0 Å². The van der Waals surface area contributed by atoms with Gasteiger partial charge >= 0.3 is 5.97 Å². The first kappa shape index (κ1) is 11.9. The zero-order chi connectivity index (χ0) is 12.0. The normalized spacial score (nSPS) is 41.5. The average molecular weight is 228 g/mol. The highest BCUT2D eigenvalue weighted by Gasteiger charge is 2.52. The Hall–Kier alpha value is -0.610. The van der Waals surface area contributed by atoms with E-state index in [9.17, 15) is 4.79 Å². The molecule has 92 valence electrons. The molecule has 2 aliphatic rings. The number of rotatable bonds is 1. The van der Waals surface area contributed by atoms with Crippen LogP contribution in [0.1, 0.15) is 47.0 Å². The molecule has 4 heteroatoms. The zero-order valence-corrected chi connectivity index (χ0v) is 10.4. The Morgan fingerprint density at radius 3 is 2.69 bits per heavy atom. The maximum Gasteiger partial charge on any atom is 0.303 e. The summed E-state index contributed by atoms with van der Waals surface area (Å²) >= 11 is 0. The summed E-state index contributed by atoms with van der Waals surface area (Å²) in [4.78, 5) is 21.9. The second-order valence-corrected chi connectivity index (χ2v) is 5.65. The topological polar surface area (TPSA) is 44.8 Å². The van der Waals surface area contributed by atoms with E-state index in [0.29, 0.717) is 5.92 Å². The monoisotopic (exact) mass is 228 g/mol. The lowest BCUT2D eigenvalue weighted by Gasteiger charge is -2.50. The molecule has 1 aliphatic heterocycles. The van der Waals surface area contributed by atoms with Crippen molar-refractivity contribution in [2.45, 2.75) is 64.3 Å². The van der Waals surface area contributed by atoms with Gasteiger partial charge in [-0.25, -0.2) is 9.78 Å². The molecular formula is C12H20O4. The summed E-state index contributed by atoms with van der Waals surface area (Å²) in [5.41, 5.74) is -0.757. The highest BCUT2D eigenvalue weighted by Crippen LogP contribution is 2.46. The molecule has 1 aliphatic carbocycles. The van der Waals surface area contributed by atoms with Crippen molar-refractivity contribution in [1.29, 1.82) is 0 Å². The van der Waals surface area contributed by atoms with Crippen molar-refractivity contribution in [3.8, 4) is 0 Å². The van der Waals surface area contributed by atoms with Gasteiger partial charge < -0.3 is 4.74 Å². The molecule has 4 nitrogen and oxygen atoms in total. The van der Waals surface area contributed by atoms with Gasteiger partial charge in [-0.1, -0.05) is 0 Å². The van der Waals surface area contributed by atoms with Crippen molar-refractivity contribution in [2.75, 3.05) is 0 Å². The summed E-state index contributed by atoms with van der Waals surface area (Å²) in [5.74, 6) is 0.226. The summed E-state index contributed by atoms with van der Waals surface area (Å²) in [6.45, 7) is 7.45. The first-order valence-corrected chi connectivity index (χ1v) is 5.87. The fourth-order valence-corrected chi connectivity index (χ4v) is 2.72. The van der Waals surface area contributed by atoms with E-state index in [-0.39, 0.29) is 17.7 Å². The fourth-order valence-electron chi connectivity index (χ4n) is 2.72. The van der Waals surface area contributed by atoms with Crippen LogP contribution in [0.3, 0.4) is 0 Å². The summed E-state index contributed by atoms with van der Waals surface area (Å²) in [5, 5.41) is 0. The Balaban J connectivity index is 2.11. The van der Waals surface area contributed by atoms with Gasteiger partial charge in [0.1, 0.15) is 17.3 Å². The number of carbonyl (C=O) groups is 1. The Morgan fingerprint density at radius 1 is 1.38 bits per heavy atom. The van der Waals surface area contributed by atoms with Crippen LogP contribution < -0.4 is 0 Å². The lowest BCUT2D eigenvalue weighted by atomic mass is 9.71. The minimum atomic E-state index is -0.529. The quantitative estimate of drug-likeness (QED) is 0.510. The molecule has 2 rings (SSSR count). The summed E-state index contributed by atoms with van der Waals surface area (Å²) in [6.07, 6.45) is 2.62. The van der Waals surface area contributed by atoms with Crippen LogP contribution >= 0.6 is 0 Å². The van der Waals surface area contributed by atoms with Gasteiger partial charge in [0.2, 0.25) is 0 Å². The maximum absolute atomic E-state index is 11.1. The van der Waals surface area contributed by atoms with Gasteiger partial charge in [-0.05, 0) is 46.0 Å². The second kappa shape index (κ2) is 3.70. The number of carbonyl (C=O) groups excluding carboxylic acids is 1. The Bertz CT molecular complexity index is 299. The highest BCUT2D eigenvalue weighted by atomic mass is 17.2. The SMILES string of the molecule is CC(=O)O[C@@]1(C)CC[C@H]2C[C@@H]1OOC2(C)C. The van der Waals surface area contributed by atoms with E-state index in [1.807, 2.05) is 20.8 Å². The molecule has 0 radical (unpaired) electrons. The number of esters is 1. The first-order valence-electron chi connectivity index (χ1n) is 5.87. The van der Waals surface area contributed by atoms with Gasteiger partial charge in [-0.2, -0.15) is 0 Å². The van der Waals surface area contributed by atoms with Crippen LogP contribution in [0.5, 0.6) is 0 Å². The van der Waals surface area contributed by atoms with Crippen molar-refractivity contribution in [3.63, 3.8) is 0 Å². The average Bonchev–Trinajstić information content (AvgIpc) is 2.14. The Morgan fingerprint density at radius 2 is 2.06 bits per heavy atom. The summed E-state index contributed by atoms with van der Waals surface area (Å²) in [7, 11) is 0. The molecule has 0 aromatic heterocycles. The van der Waals surface area contributed by atoms with Gasteiger partial charge in [0, 0.05) is 6.92 Å². The lowest BCUT2D eigenvalue weighted by molar-refractivity contribution is -0.442. The molecule has 2 bridgehead atoms. The fraction of sp³-hybridized carbons (Fsp3) is 0.917. The first-order chi connectivity index (χ1) is 7.33. The van der Waals surface area contributed by atoms with Gasteiger partial charge in [0.15, 0.2) is 0 Å². The van der Waals surface area contributed by atoms with Gasteiger partial charge in [0.05, 0.1) is 0 Å². The Labute approximate surface area is 96.2 Å². The predicted octanol–water partition coefficient (Wildman–Crippen LogP) is 2.22. The third-order valence-electron chi connectivity index (χ3n) is 3.91. The van der Waals surface area contributed by atoms with Crippen LogP contribution in [-0.2, 0) is 19.3 Å². The number of ether oxygens (including phenoxy) is 1. The predicted molar refractivity (Wildman–Crippen MR) is 57.5 cm³/mol. The molecule has 2 fully saturated rings. The van der Waals surface area contributed by atoms with E-state index in [1.165, 1.54) is 6.92 Å². The molecule has 0 spiro atoms. The van der Waals surface area contributed by atoms with E-state index >= 15 is 0 Å². The minimum absolute atomic E-state index is 0.136. The molecular weight excluding hydrogens is 208 g/mol. The molecule has 1 saturated carbocycles. The van der Waals surface area contributed by atoms with E-state index in [0.717, 1.165) is 19.3 Å². The molecule has 0 unspecified atom stereocenters. The molecule has 1 saturated heterocycles. The number of hydrogen-bond donors (Lipinski definition) is 0. The molecule has 0 aromatic carbocycles. The smallest absolute Gasteiger partial charge is 0.303 e. The number of hydrogen-bond acceptors (Lipinski definition) is 4. The largest absolute Gasteiger partial charge is 0.457 e. The van der Waals surface area contributed by atoms with Crippen molar-refractivity contribution in [3.05, 3.63) is 0 Å². The van der Waals surface area contributed by atoms with Gasteiger partial charge in [-0.3, -0.25) is 4.79 Å². The van der Waals surface area contributed by atoms with Crippen LogP contribution in [0.2, 0.25) is 0 Å². The Kier molecular flexibility index (Phi) is 2.75. The van der Waals surface area contributed by atoms with Crippen LogP contribution in [0.15, 0.2) is 0 Å². The molecule has 16 heavy (non-hydrogen) atoms.